The van der Waals surface area contributed by atoms with Gasteiger partial charge in [0, 0.05) is 18.5 Å². The molecule has 1 aromatic rings. The Hall–Kier alpha value is -1.49. The van der Waals surface area contributed by atoms with Gasteiger partial charge in [0.05, 0.1) is 7.11 Å². The van der Waals surface area contributed by atoms with Crippen molar-refractivity contribution in [3.63, 3.8) is 0 Å². The van der Waals surface area contributed by atoms with Crippen molar-refractivity contribution in [3.8, 4) is 0 Å². The number of methoxy groups -OCH3 is 1. The van der Waals surface area contributed by atoms with Crippen LogP contribution in [0.2, 0.25) is 0 Å². The minimum atomic E-state index is -0.848. The van der Waals surface area contributed by atoms with E-state index in [4.69, 9.17) is 0 Å². The van der Waals surface area contributed by atoms with E-state index in [9.17, 15) is 13.6 Å². The van der Waals surface area contributed by atoms with Gasteiger partial charge in [-0.3, -0.25) is 4.79 Å². The topological polar surface area (TPSA) is 38.3 Å². The largest absolute Gasteiger partial charge is 0.469 e. The van der Waals surface area contributed by atoms with Crippen LogP contribution in [0.15, 0.2) is 18.2 Å². The molecule has 94 valence electrons. The predicted molar refractivity (Wildman–Crippen MR) is 59.3 cm³/mol. The van der Waals surface area contributed by atoms with Crippen LogP contribution in [-0.2, 0) is 16.1 Å². The fourth-order valence-electron chi connectivity index (χ4n) is 1.37. The monoisotopic (exact) mass is 243 g/mol. The molecule has 0 aliphatic carbocycles. The van der Waals surface area contributed by atoms with E-state index in [2.05, 4.69) is 10.1 Å². The first-order valence-electron chi connectivity index (χ1n) is 5.35. The molecule has 0 saturated carbocycles. The molecule has 3 nitrogen and oxygen atoms in total. The summed E-state index contributed by atoms with van der Waals surface area (Å²) in [5.74, 6) is -1.95. The van der Waals surface area contributed by atoms with E-state index in [1.54, 1.807) is 0 Å². The van der Waals surface area contributed by atoms with Crippen molar-refractivity contribution in [2.75, 3.05) is 13.7 Å². The quantitative estimate of drug-likeness (QED) is 0.613. The van der Waals surface area contributed by atoms with Gasteiger partial charge in [-0.15, -0.1) is 0 Å². The van der Waals surface area contributed by atoms with Gasteiger partial charge >= 0.3 is 5.97 Å². The number of rotatable bonds is 6. The lowest BCUT2D eigenvalue weighted by atomic mass is 10.2. The Kier molecular flexibility index (Phi) is 5.56. The fourth-order valence-corrected chi connectivity index (χ4v) is 1.37. The van der Waals surface area contributed by atoms with Crippen molar-refractivity contribution in [1.29, 1.82) is 0 Å². The van der Waals surface area contributed by atoms with Crippen LogP contribution >= 0.6 is 0 Å². The molecule has 5 heteroatoms. The van der Waals surface area contributed by atoms with Crippen LogP contribution < -0.4 is 5.32 Å². The number of esters is 1. The molecule has 17 heavy (non-hydrogen) atoms. The lowest BCUT2D eigenvalue weighted by Gasteiger charge is -2.06. The summed E-state index contributed by atoms with van der Waals surface area (Å²) in [6.07, 6.45) is 0.915. The van der Waals surface area contributed by atoms with E-state index in [-0.39, 0.29) is 18.1 Å². The summed E-state index contributed by atoms with van der Waals surface area (Å²) in [6, 6.07) is 4.06. The molecule has 0 radical (unpaired) electrons. The smallest absolute Gasteiger partial charge is 0.305 e. The molecule has 1 N–H and O–H groups in total. The summed E-state index contributed by atoms with van der Waals surface area (Å²) in [5, 5.41) is 2.93. The zero-order valence-electron chi connectivity index (χ0n) is 9.63. The fraction of sp³-hybridized carbons (Fsp3) is 0.417. The van der Waals surface area contributed by atoms with Gasteiger partial charge in [0.15, 0.2) is 11.6 Å². The van der Waals surface area contributed by atoms with Crippen LogP contribution in [0.5, 0.6) is 0 Å². The standard InChI is InChI=1S/C12H15F2NO2/c1-17-11(16)6-3-7-15-8-9-4-2-5-10(13)12(9)14/h2,4-5,15H,3,6-8H2,1H3. The third-order valence-electron chi connectivity index (χ3n) is 2.31. The number of halogens is 2. The summed E-state index contributed by atoms with van der Waals surface area (Å²) in [7, 11) is 1.33. The summed E-state index contributed by atoms with van der Waals surface area (Å²) >= 11 is 0. The van der Waals surface area contributed by atoms with Gasteiger partial charge in [-0.25, -0.2) is 8.78 Å². The maximum Gasteiger partial charge on any atom is 0.305 e. The van der Waals surface area contributed by atoms with E-state index >= 15 is 0 Å². The van der Waals surface area contributed by atoms with E-state index in [1.165, 1.54) is 19.2 Å². The summed E-state index contributed by atoms with van der Waals surface area (Å²) < 4.78 is 30.5. The molecule has 0 heterocycles. The van der Waals surface area contributed by atoms with Crippen molar-refractivity contribution >= 4 is 5.97 Å². The van der Waals surface area contributed by atoms with E-state index < -0.39 is 11.6 Å². The van der Waals surface area contributed by atoms with Crippen LogP contribution in [0.25, 0.3) is 0 Å². The van der Waals surface area contributed by atoms with Crippen LogP contribution in [0, 0.1) is 11.6 Å². The number of carbonyl (C=O) groups excluding carboxylic acids is 1. The van der Waals surface area contributed by atoms with Gasteiger partial charge in [-0.05, 0) is 19.0 Å². The van der Waals surface area contributed by atoms with Gasteiger partial charge in [0.2, 0.25) is 0 Å². The number of hydrogen-bond acceptors (Lipinski definition) is 3. The molecule has 0 unspecified atom stereocenters. The second-order valence-corrected chi connectivity index (χ2v) is 3.57. The molecule has 1 rings (SSSR count). The molecule has 0 aromatic heterocycles. The third-order valence-corrected chi connectivity index (χ3v) is 2.31. The second kappa shape index (κ2) is 6.96. The Morgan fingerprint density at radius 3 is 2.88 bits per heavy atom. The summed E-state index contributed by atoms with van der Waals surface area (Å²) in [5.41, 5.74) is 0.281. The Morgan fingerprint density at radius 2 is 2.18 bits per heavy atom. The first-order valence-corrected chi connectivity index (χ1v) is 5.35. The van der Waals surface area contributed by atoms with E-state index in [0.717, 1.165) is 6.07 Å². The second-order valence-electron chi connectivity index (χ2n) is 3.57. The van der Waals surface area contributed by atoms with Crippen molar-refractivity contribution in [3.05, 3.63) is 35.4 Å². The molecule has 0 atom stereocenters. The summed E-state index contributed by atoms with van der Waals surface area (Å²) in [6.45, 7) is 0.788. The van der Waals surface area contributed by atoms with E-state index in [0.29, 0.717) is 19.4 Å². The predicted octanol–water partition coefficient (Wildman–Crippen LogP) is 2.01. The molecular weight excluding hydrogens is 228 g/mol. The van der Waals surface area contributed by atoms with Crippen molar-refractivity contribution in [2.24, 2.45) is 0 Å². The van der Waals surface area contributed by atoms with Gasteiger partial charge in [-0.1, -0.05) is 12.1 Å². The number of nitrogens with one attached hydrogen (secondary N) is 1. The lowest BCUT2D eigenvalue weighted by Crippen LogP contribution is -2.17. The molecule has 0 aliphatic heterocycles. The van der Waals surface area contributed by atoms with Gasteiger partial charge in [0.25, 0.3) is 0 Å². The number of hydrogen-bond donors (Lipinski definition) is 1. The first kappa shape index (κ1) is 13.6. The van der Waals surface area contributed by atoms with Gasteiger partial charge < -0.3 is 10.1 Å². The Balaban J connectivity index is 2.27. The number of benzene rings is 1. The van der Waals surface area contributed by atoms with Gasteiger partial charge in [-0.2, -0.15) is 0 Å². The zero-order valence-corrected chi connectivity index (χ0v) is 9.63. The Morgan fingerprint density at radius 1 is 1.41 bits per heavy atom. The number of ether oxygens (including phenoxy) is 1. The molecule has 0 amide bonds. The maximum absolute atomic E-state index is 13.2. The highest BCUT2D eigenvalue weighted by Crippen LogP contribution is 2.10. The van der Waals surface area contributed by atoms with Crippen LogP contribution in [0.4, 0.5) is 8.78 Å². The molecule has 1 aromatic carbocycles. The Bertz CT molecular complexity index is 383. The van der Waals surface area contributed by atoms with Crippen molar-refractivity contribution in [1.82, 2.24) is 5.32 Å². The summed E-state index contributed by atoms with van der Waals surface area (Å²) in [4.78, 5) is 10.8. The maximum atomic E-state index is 13.2. The SMILES string of the molecule is COC(=O)CCCNCc1cccc(F)c1F. The highest BCUT2D eigenvalue weighted by Gasteiger charge is 2.06. The van der Waals surface area contributed by atoms with Crippen LogP contribution in [0.1, 0.15) is 18.4 Å². The van der Waals surface area contributed by atoms with E-state index in [1.807, 2.05) is 0 Å². The Labute approximate surface area is 98.8 Å². The highest BCUT2D eigenvalue weighted by atomic mass is 19.2. The normalized spacial score (nSPS) is 10.3. The van der Waals surface area contributed by atoms with Crippen molar-refractivity contribution in [2.45, 2.75) is 19.4 Å². The average molecular weight is 243 g/mol. The zero-order chi connectivity index (χ0) is 12.7. The molecule has 0 saturated heterocycles. The highest BCUT2D eigenvalue weighted by molar-refractivity contribution is 5.69. The van der Waals surface area contributed by atoms with Crippen molar-refractivity contribution < 1.29 is 18.3 Å². The first-order chi connectivity index (χ1) is 8.15. The molecule has 0 aliphatic rings. The minimum absolute atomic E-state index is 0.241. The van der Waals surface area contributed by atoms with Crippen LogP contribution in [-0.4, -0.2) is 19.6 Å². The average Bonchev–Trinajstić information content (AvgIpc) is 2.33. The molecule has 0 fully saturated rings. The minimum Gasteiger partial charge on any atom is -0.469 e. The van der Waals surface area contributed by atoms with Crippen LogP contribution in [0.3, 0.4) is 0 Å². The number of carbonyl (C=O) groups is 1. The lowest BCUT2D eigenvalue weighted by molar-refractivity contribution is -0.140. The van der Waals surface area contributed by atoms with Gasteiger partial charge in [0.1, 0.15) is 0 Å². The molecule has 0 bridgehead atoms. The molecular formula is C12H15F2NO2. The molecule has 0 spiro atoms. The third kappa shape index (κ3) is 4.48.